The number of nitrogens with zero attached hydrogens (tertiary/aromatic N) is 1. The molecule has 3 unspecified atom stereocenters. The smallest absolute Gasteiger partial charge is 0.0169 e. The van der Waals surface area contributed by atoms with Gasteiger partial charge in [0.1, 0.15) is 0 Å². The van der Waals surface area contributed by atoms with Gasteiger partial charge in [0.15, 0.2) is 0 Å². The van der Waals surface area contributed by atoms with Gasteiger partial charge in [-0.3, -0.25) is 0 Å². The van der Waals surface area contributed by atoms with E-state index in [1.54, 1.807) is 0 Å². The number of nitrogens with one attached hydrogen (secondary N) is 1. The zero-order chi connectivity index (χ0) is 12.8. The lowest BCUT2D eigenvalue weighted by Crippen LogP contribution is -2.48. The van der Waals surface area contributed by atoms with Crippen molar-refractivity contribution in [3.05, 3.63) is 0 Å². The van der Waals surface area contributed by atoms with E-state index in [9.17, 15) is 0 Å². The largest absolute Gasteiger partial charge is 0.310 e. The topological polar surface area (TPSA) is 15.3 Å². The SMILES string of the molecule is CCC1CCCCC1NC(C)CN1CCCCC1. The number of likely N-dealkylation sites (tertiary alicyclic amines) is 1. The Hall–Kier alpha value is -0.0800. The summed E-state index contributed by atoms with van der Waals surface area (Å²) >= 11 is 0. The summed E-state index contributed by atoms with van der Waals surface area (Å²) in [5.74, 6) is 0.933. The summed E-state index contributed by atoms with van der Waals surface area (Å²) in [5.41, 5.74) is 0. The monoisotopic (exact) mass is 252 g/mol. The highest BCUT2D eigenvalue weighted by atomic mass is 15.2. The van der Waals surface area contributed by atoms with Gasteiger partial charge in [-0.2, -0.15) is 0 Å². The molecule has 2 rings (SSSR count). The first kappa shape index (κ1) is 14.3. The number of hydrogen-bond acceptors (Lipinski definition) is 2. The number of hydrogen-bond donors (Lipinski definition) is 1. The molecule has 18 heavy (non-hydrogen) atoms. The van der Waals surface area contributed by atoms with Crippen LogP contribution in [0.25, 0.3) is 0 Å². The first-order chi connectivity index (χ1) is 8.79. The van der Waals surface area contributed by atoms with Crippen LogP contribution in [-0.2, 0) is 0 Å². The fourth-order valence-corrected chi connectivity index (χ4v) is 3.86. The van der Waals surface area contributed by atoms with Crippen molar-refractivity contribution in [1.82, 2.24) is 10.2 Å². The Morgan fingerprint density at radius 2 is 1.78 bits per heavy atom. The first-order valence-electron chi connectivity index (χ1n) is 8.28. The minimum atomic E-state index is 0.667. The van der Waals surface area contributed by atoms with E-state index in [2.05, 4.69) is 24.1 Å². The van der Waals surface area contributed by atoms with Crippen LogP contribution < -0.4 is 5.32 Å². The van der Waals surface area contributed by atoms with Gasteiger partial charge in [-0.05, 0) is 51.6 Å². The summed E-state index contributed by atoms with van der Waals surface area (Å²) in [4.78, 5) is 2.66. The lowest BCUT2D eigenvalue weighted by Gasteiger charge is -2.36. The van der Waals surface area contributed by atoms with Crippen LogP contribution in [0.3, 0.4) is 0 Å². The highest BCUT2D eigenvalue weighted by molar-refractivity contribution is 4.83. The Labute approximate surface area is 114 Å². The second-order valence-corrected chi connectivity index (χ2v) is 6.49. The fraction of sp³-hybridized carbons (Fsp3) is 1.00. The summed E-state index contributed by atoms with van der Waals surface area (Å²) in [7, 11) is 0. The predicted octanol–water partition coefficient (Wildman–Crippen LogP) is 3.42. The van der Waals surface area contributed by atoms with Gasteiger partial charge >= 0.3 is 0 Å². The molecule has 1 aliphatic carbocycles. The van der Waals surface area contributed by atoms with Gasteiger partial charge in [-0.15, -0.1) is 0 Å². The van der Waals surface area contributed by atoms with Gasteiger partial charge < -0.3 is 10.2 Å². The minimum Gasteiger partial charge on any atom is -0.310 e. The molecule has 0 aromatic rings. The van der Waals surface area contributed by atoms with Gasteiger partial charge in [0.05, 0.1) is 0 Å². The van der Waals surface area contributed by atoms with Crippen LogP contribution in [0.5, 0.6) is 0 Å². The van der Waals surface area contributed by atoms with Crippen LogP contribution in [0.2, 0.25) is 0 Å². The standard InChI is InChI=1S/C16H32N2/c1-3-15-9-5-6-10-16(15)17-14(2)13-18-11-7-4-8-12-18/h14-17H,3-13H2,1-2H3. The zero-order valence-electron chi connectivity index (χ0n) is 12.5. The van der Waals surface area contributed by atoms with Crippen molar-refractivity contribution in [2.75, 3.05) is 19.6 Å². The molecular formula is C16H32N2. The quantitative estimate of drug-likeness (QED) is 0.806. The van der Waals surface area contributed by atoms with Crippen LogP contribution in [0.4, 0.5) is 0 Å². The van der Waals surface area contributed by atoms with Gasteiger partial charge in [-0.25, -0.2) is 0 Å². The van der Waals surface area contributed by atoms with Crippen molar-refractivity contribution in [3.63, 3.8) is 0 Å². The maximum absolute atomic E-state index is 3.93. The third kappa shape index (κ3) is 4.24. The van der Waals surface area contributed by atoms with Crippen LogP contribution in [0.1, 0.15) is 65.2 Å². The minimum absolute atomic E-state index is 0.667. The first-order valence-corrected chi connectivity index (χ1v) is 8.28. The molecule has 1 saturated heterocycles. The van der Waals surface area contributed by atoms with Crippen molar-refractivity contribution in [1.29, 1.82) is 0 Å². The molecule has 3 atom stereocenters. The van der Waals surface area contributed by atoms with E-state index in [-0.39, 0.29) is 0 Å². The Balaban J connectivity index is 1.73. The molecule has 2 fully saturated rings. The molecule has 0 radical (unpaired) electrons. The average molecular weight is 252 g/mol. The zero-order valence-corrected chi connectivity index (χ0v) is 12.5. The van der Waals surface area contributed by atoms with Crippen LogP contribution >= 0.6 is 0 Å². The van der Waals surface area contributed by atoms with Crippen molar-refractivity contribution in [2.24, 2.45) is 5.92 Å². The third-order valence-electron chi connectivity index (χ3n) is 4.91. The van der Waals surface area contributed by atoms with Gasteiger partial charge in [0.2, 0.25) is 0 Å². The maximum atomic E-state index is 3.93. The normalized spacial score (nSPS) is 32.3. The molecule has 0 bridgehead atoms. The van der Waals surface area contributed by atoms with Crippen LogP contribution in [0, 0.1) is 5.92 Å². The van der Waals surface area contributed by atoms with Gasteiger partial charge in [0, 0.05) is 18.6 Å². The van der Waals surface area contributed by atoms with Crippen LogP contribution in [0.15, 0.2) is 0 Å². The van der Waals surface area contributed by atoms with E-state index in [0.717, 1.165) is 12.0 Å². The molecule has 2 nitrogen and oxygen atoms in total. The van der Waals surface area contributed by atoms with Gasteiger partial charge in [0.25, 0.3) is 0 Å². The summed E-state index contributed by atoms with van der Waals surface area (Å²) < 4.78 is 0. The summed E-state index contributed by atoms with van der Waals surface area (Å²) in [6.45, 7) is 8.66. The Morgan fingerprint density at radius 1 is 1.06 bits per heavy atom. The Kier molecular flexibility index (Phi) is 5.97. The Bertz CT molecular complexity index is 223. The second kappa shape index (κ2) is 7.49. The van der Waals surface area contributed by atoms with Crippen molar-refractivity contribution in [3.8, 4) is 0 Å². The van der Waals surface area contributed by atoms with Crippen molar-refractivity contribution < 1.29 is 0 Å². The fourth-order valence-electron chi connectivity index (χ4n) is 3.86. The molecule has 2 heteroatoms. The van der Waals surface area contributed by atoms with Gasteiger partial charge in [-0.1, -0.05) is 32.6 Å². The van der Waals surface area contributed by atoms with E-state index in [1.807, 2.05) is 0 Å². The van der Waals surface area contributed by atoms with Crippen molar-refractivity contribution >= 4 is 0 Å². The highest BCUT2D eigenvalue weighted by Crippen LogP contribution is 2.27. The lowest BCUT2D eigenvalue weighted by atomic mass is 9.82. The van der Waals surface area contributed by atoms with E-state index < -0.39 is 0 Å². The Morgan fingerprint density at radius 3 is 2.50 bits per heavy atom. The molecule has 2 aliphatic rings. The summed E-state index contributed by atoms with van der Waals surface area (Å²) in [6, 6.07) is 1.46. The highest BCUT2D eigenvalue weighted by Gasteiger charge is 2.25. The molecule has 106 valence electrons. The van der Waals surface area contributed by atoms with Crippen molar-refractivity contribution in [2.45, 2.75) is 77.3 Å². The average Bonchev–Trinajstić information content (AvgIpc) is 2.40. The van der Waals surface area contributed by atoms with E-state index >= 15 is 0 Å². The van der Waals surface area contributed by atoms with E-state index in [1.165, 1.54) is 71.0 Å². The second-order valence-electron chi connectivity index (χ2n) is 6.49. The number of piperidine rings is 1. The predicted molar refractivity (Wildman–Crippen MR) is 78.9 cm³/mol. The molecular weight excluding hydrogens is 220 g/mol. The van der Waals surface area contributed by atoms with E-state index in [4.69, 9.17) is 0 Å². The van der Waals surface area contributed by atoms with E-state index in [0.29, 0.717) is 6.04 Å². The molecule has 0 aromatic heterocycles. The summed E-state index contributed by atoms with van der Waals surface area (Å²) in [5, 5.41) is 3.93. The summed E-state index contributed by atoms with van der Waals surface area (Å²) in [6.07, 6.45) is 11.4. The van der Waals surface area contributed by atoms with Crippen LogP contribution in [-0.4, -0.2) is 36.6 Å². The number of rotatable bonds is 5. The molecule has 1 N–H and O–H groups in total. The third-order valence-corrected chi connectivity index (χ3v) is 4.91. The molecule has 1 saturated carbocycles. The molecule has 1 aliphatic heterocycles. The lowest BCUT2D eigenvalue weighted by molar-refractivity contribution is 0.182. The molecule has 0 amide bonds. The molecule has 0 aromatic carbocycles. The maximum Gasteiger partial charge on any atom is 0.0169 e. The molecule has 0 spiro atoms. The molecule has 1 heterocycles.